The number of halogens is 2. The molecule has 11 heteroatoms. The Kier molecular flexibility index (Phi) is 4.91. The van der Waals surface area contributed by atoms with Gasteiger partial charge in [-0.15, -0.1) is 0 Å². The lowest BCUT2D eigenvalue weighted by Gasteiger charge is -2.35. The molecule has 0 fully saturated rings. The number of nitrogens with one attached hydrogen (secondary N) is 1. The van der Waals surface area contributed by atoms with Crippen LogP contribution < -0.4 is 15.8 Å². The lowest BCUT2D eigenvalue weighted by molar-refractivity contribution is 0.0733. The van der Waals surface area contributed by atoms with Gasteiger partial charge in [-0.25, -0.2) is 9.07 Å². The van der Waals surface area contributed by atoms with Crippen LogP contribution in [0, 0.1) is 5.82 Å². The van der Waals surface area contributed by atoms with E-state index in [1.807, 2.05) is 0 Å². The van der Waals surface area contributed by atoms with Crippen LogP contribution in [-0.4, -0.2) is 53.9 Å². The number of hydrogen-bond acceptors (Lipinski definition) is 6. The van der Waals surface area contributed by atoms with Crippen molar-refractivity contribution < 1.29 is 23.8 Å². The molecule has 4 rings (SSSR count). The van der Waals surface area contributed by atoms with E-state index in [-0.39, 0.29) is 47.3 Å². The Morgan fingerprint density at radius 2 is 2.13 bits per heavy atom. The van der Waals surface area contributed by atoms with Crippen molar-refractivity contribution in [3.05, 3.63) is 61.8 Å². The molecule has 9 nitrogen and oxygen atoms in total. The highest BCUT2D eigenvalue weighted by molar-refractivity contribution is 6.30. The summed E-state index contributed by atoms with van der Waals surface area (Å²) in [5, 5.41) is 14.5. The van der Waals surface area contributed by atoms with Gasteiger partial charge >= 0.3 is 0 Å². The second-order valence-electron chi connectivity index (χ2n) is 7.05. The number of hydrogen-bond donors (Lipinski definition) is 2. The van der Waals surface area contributed by atoms with Crippen molar-refractivity contribution in [1.82, 2.24) is 14.9 Å². The van der Waals surface area contributed by atoms with Gasteiger partial charge in [0.05, 0.1) is 17.3 Å². The molecule has 2 aliphatic heterocycles. The number of carbonyl (C=O) groups excluding carboxylic acids is 2. The standard InChI is InChI=1S/C19H18ClFN4O5/c1-23-8-24-7-11(30-2)14-12(16(26)17(27)15(19(23)29)25(14)24)18(28)22-6-9-4-3-5-10(20)13(9)21/h3-5,11,27H,6-8H2,1-2H3,(H,22,28). The van der Waals surface area contributed by atoms with Gasteiger partial charge in [0.1, 0.15) is 24.2 Å². The number of aromatic hydroxyl groups is 1. The van der Waals surface area contributed by atoms with Gasteiger partial charge in [-0.05, 0) is 6.07 Å². The summed E-state index contributed by atoms with van der Waals surface area (Å²) in [5.41, 5.74) is -1.27. The van der Waals surface area contributed by atoms with Gasteiger partial charge < -0.3 is 20.1 Å². The topological polar surface area (TPSA) is 104 Å². The molecule has 2 N–H and O–H groups in total. The van der Waals surface area contributed by atoms with Crippen molar-refractivity contribution in [2.45, 2.75) is 12.6 Å². The SMILES string of the molecule is COC1CN2CN(C)C(=O)c3c(O)c(=O)c(C(=O)NCc4cccc(Cl)c4F)c1n32. The number of rotatable bonds is 4. The zero-order chi connectivity index (χ0) is 21.7. The van der Waals surface area contributed by atoms with Crippen LogP contribution in [0.3, 0.4) is 0 Å². The van der Waals surface area contributed by atoms with E-state index in [1.165, 1.54) is 41.9 Å². The van der Waals surface area contributed by atoms with E-state index in [4.69, 9.17) is 16.3 Å². The molecule has 0 saturated heterocycles. The Morgan fingerprint density at radius 3 is 2.83 bits per heavy atom. The Morgan fingerprint density at radius 1 is 1.40 bits per heavy atom. The Balaban J connectivity index is 1.79. The maximum atomic E-state index is 14.1. The van der Waals surface area contributed by atoms with Crippen LogP contribution in [0.15, 0.2) is 23.0 Å². The number of ether oxygens (including phenoxy) is 1. The van der Waals surface area contributed by atoms with Gasteiger partial charge in [0, 0.05) is 26.3 Å². The highest BCUT2D eigenvalue weighted by Gasteiger charge is 2.43. The zero-order valence-electron chi connectivity index (χ0n) is 16.1. The predicted molar refractivity (Wildman–Crippen MR) is 105 cm³/mol. The van der Waals surface area contributed by atoms with E-state index in [9.17, 15) is 23.9 Å². The van der Waals surface area contributed by atoms with Crippen molar-refractivity contribution in [3.63, 3.8) is 0 Å². The first-order valence-corrected chi connectivity index (χ1v) is 9.40. The predicted octanol–water partition coefficient (Wildman–Crippen LogP) is 0.959. The third-order valence-corrected chi connectivity index (χ3v) is 5.53. The Bertz CT molecular complexity index is 1130. The molecule has 0 saturated carbocycles. The quantitative estimate of drug-likeness (QED) is 0.740. The molecule has 2 amide bonds. The van der Waals surface area contributed by atoms with E-state index in [1.54, 1.807) is 5.01 Å². The van der Waals surface area contributed by atoms with Crippen LogP contribution in [-0.2, 0) is 11.3 Å². The highest BCUT2D eigenvalue weighted by Crippen LogP contribution is 2.34. The van der Waals surface area contributed by atoms with E-state index in [2.05, 4.69) is 5.32 Å². The van der Waals surface area contributed by atoms with E-state index in [0.29, 0.717) is 0 Å². The fourth-order valence-electron chi connectivity index (χ4n) is 3.78. The number of nitrogens with zero attached hydrogens (tertiary/aromatic N) is 3. The summed E-state index contributed by atoms with van der Waals surface area (Å²) in [6.07, 6.45) is -0.681. The van der Waals surface area contributed by atoms with Gasteiger partial charge in [0.25, 0.3) is 11.8 Å². The van der Waals surface area contributed by atoms with Gasteiger partial charge in [0.15, 0.2) is 11.4 Å². The molecule has 2 aliphatic rings. The number of pyridine rings is 1. The molecule has 1 unspecified atom stereocenters. The molecule has 3 heterocycles. The average Bonchev–Trinajstić information content (AvgIpc) is 3.07. The van der Waals surface area contributed by atoms with Gasteiger partial charge in [-0.3, -0.25) is 19.4 Å². The Hall–Kier alpha value is -3.11. The minimum absolute atomic E-state index is 0.0930. The van der Waals surface area contributed by atoms with Gasteiger partial charge in [-0.1, -0.05) is 23.7 Å². The molecule has 158 valence electrons. The first kappa shape index (κ1) is 20.2. The molecule has 0 aliphatic carbocycles. The van der Waals surface area contributed by atoms with E-state index >= 15 is 0 Å². The smallest absolute Gasteiger partial charge is 0.277 e. The lowest BCUT2D eigenvalue weighted by Crippen LogP contribution is -2.51. The maximum Gasteiger partial charge on any atom is 0.277 e. The summed E-state index contributed by atoms with van der Waals surface area (Å²) in [7, 11) is 2.96. The number of carbonyl (C=O) groups is 2. The molecule has 2 aromatic rings. The monoisotopic (exact) mass is 436 g/mol. The van der Waals surface area contributed by atoms with Crippen molar-refractivity contribution in [3.8, 4) is 5.75 Å². The number of aromatic nitrogens is 1. The fraction of sp³-hybridized carbons (Fsp3) is 0.316. The molecule has 0 bridgehead atoms. The van der Waals surface area contributed by atoms with Crippen LogP contribution in [0.25, 0.3) is 0 Å². The second-order valence-corrected chi connectivity index (χ2v) is 7.46. The summed E-state index contributed by atoms with van der Waals surface area (Å²) in [5.74, 6) is -2.87. The number of methoxy groups -OCH3 is 1. The van der Waals surface area contributed by atoms with Crippen LogP contribution in [0.2, 0.25) is 5.02 Å². The lowest BCUT2D eigenvalue weighted by atomic mass is 10.1. The van der Waals surface area contributed by atoms with Crippen LogP contribution in [0.5, 0.6) is 5.75 Å². The zero-order valence-corrected chi connectivity index (χ0v) is 16.9. The summed E-state index contributed by atoms with van der Waals surface area (Å²) in [6.45, 7) is 0.235. The fourth-order valence-corrected chi connectivity index (χ4v) is 3.97. The molecular formula is C19H18ClFN4O5. The summed E-state index contributed by atoms with van der Waals surface area (Å²) < 4.78 is 20.9. The molecule has 0 radical (unpaired) electrons. The summed E-state index contributed by atoms with van der Waals surface area (Å²) in [4.78, 5) is 39.7. The molecule has 30 heavy (non-hydrogen) atoms. The normalized spacial score (nSPS) is 17.3. The summed E-state index contributed by atoms with van der Waals surface area (Å²) >= 11 is 5.76. The molecular weight excluding hydrogens is 419 g/mol. The molecule has 0 spiro atoms. The van der Waals surface area contributed by atoms with E-state index < -0.39 is 34.9 Å². The molecule has 1 aromatic carbocycles. The van der Waals surface area contributed by atoms with Crippen LogP contribution in [0.1, 0.15) is 38.2 Å². The van der Waals surface area contributed by atoms with Gasteiger partial charge in [0.2, 0.25) is 5.43 Å². The van der Waals surface area contributed by atoms with Crippen molar-refractivity contribution in [2.24, 2.45) is 0 Å². The molecule has 1 atom stereocenters. The van der Waals surface area contributed by atoms with Crippen molar-refractivity contribution >= 4 is 23.4 Å². The maximum absolute atomic E-state index is 14.1. The van der Waals surface area contributed by atoms with Crippen molar-refractivity contribution in [2.75, 3.05) is 32.4 Å². The number of amides is 2. The number of benzene rings is 1. The highest BCUT2D eigenvalue weighted by atomic mass is 35.5. The minimum Gasteiger partial charge on any atom is -0.502 e. The van der Waals surface area contributed by atoms with Crippen LogP contribution in [0.4, 0.5) is 4.39 Å². The second kappa shape index (κ2) is 7.29. The average molecular weight is 437 g/mol. The first-order chi connectivity index (χ1) is 14.3. The van der Waals surface area contributed by atoms with E-state index in [0.717, 1.165) is 0 Å². The summed E-state index contributed by atoms with van der Waals surface area (Å²) in [6, 6.07) is 4.36. The Labute approximate surface area is 175 Å². The largest absolute Gasteiger partial charge is 0.502 e. The third kappa shape index (κ3) is 2.91. The minimum atomic E-state index is -0.993. The third-order valence-electron chi connectivity index (χ3n) is 5.23. The van der Waals surface area contributed by atoms with Gasteiger partial charge in [-0.2, -0.15) is 0 Å². The van der Waals surface area contributed by atoms with Crippen molar-refractivity contribution in [1.29, 1.82) is 0 Å². The van der Waals surface area contributed by atoms with Crippen LogP contribution >= 0.6 is 11.6 Å². The first-order valence-electron chi connectivity index (χ1n) is 9.02. The molecule has 1 aromatic heterocycles.